The maximum absolute atomic E-state index is 12.7. The number of rotatable bonds is 7. The van der Waals surface area contributed by atoms with E-state index in [0.717, 1.165) is 5.56 Å². The van der Waals surface area contributed by atoms with Crippen molar-refractivity contribution in [2.75, 3.05) is 13.2 Å². The molecular formula is C22H23NO4. The van der Waals surface area contributed by atoms with Gasteiger partial charge in [-0.2, -0.15) is 0 Å². The summed E-state index contributed by atoms with van der Waals surface area (Å²) >= 11 is 0. The van der Waals surface area contributed by atoms with Crippen LogP contribution in [0.15, 0.2) is 63.8 Å². The highest BCUT2D eigenvalue weighted by Crippen LogP contribution is 2.30. The van der Waals surface area contributed by atoms with Gasteiger partial charge < -0.3 is 14.5 Å². The van der Waals surface area contributed by atoms with Crippen LogP contribution in [0.5, 0.6) is 0 Å². The third kappa shape index (κ3) is 4.44. The molecule has 2 aromatic carbocycles. The number of ether oxygens (including phenoxy) is 1. The van der Waals surface area contributed by atoms with Gasteiger partial charge in [0.05, 0.1) is 11.5 Å². The van der Waals surface area contributed by atoms with E-state index in [1.165, 1.54) is 0 Å². The zero-order valence-corrected chi connectivity index (χ0v) is 15.5. The predicted octanol–water partition coefficient (Wildman–Crippen LogP) is 4.00. The minimum absolute atomic E-state index is 0.0367. The quantitative estimate of drug-likeness (QED) is 0.643. The molecule has 1 amide bonds. The molecule has 1 N–H and O–H groups in total. The average molecular weight is 365 g/mol. The summed E-state index contributed by atoms with van der Waals surface area (Å²) in [4.78, 5) is 25.1. The summed E-state index contributed by atoms with van der Waals surface area (Å²) in [6, 6.07) is 16.6. The van der Waals surface area contributed by atoms with Gasteiger partial charge in [-0.25, -0.2) is 4.79 Å². The normalized spacial score (nSPS) is 11.1. The van der Waals surface area contributed by atoms with Crippen molar-refractivity contribution in [3.05, 3.63) is 70.8 Å². The van der Waals surface area contributed by atoms with Crippen molar-refractivity contribution < 1.29 is 13.9 Å². The molecule has 0 bridgehead atoms. The molecule has 0 unspecified atom stereocenters. The fourth-order valence-corrected chi connectivity index (χ4v) is 2.92. The number of carbonyl (C=O) groups excluding carboxylic acids is 1. The van der Waals surface area contributed by atoms with Gasteiger partial charge >= 0.3 is 5.63 Å². The molecule has 0 radical (unpaired) electrons. The van der Waals surface area contributed by atoms with Gasteiger partial charge in [0.25, 0.3) is 5.91 Å². The molecule has 0 aliphatic rings. The number of hydrogen-bond acceptors (Lipinski definition) is 4. The highest BCUT2D eigenvalue weighted by Gasteiger charge is 2.20. The summed E-state index contributed by atoms with van der Waals surface area (Å²) in [5.41, 5.74) is 0.936. The monoisotopic (exact) mass is 365 g/mol. The van der Waals surface area contributed by atoms with Crippen LogP contribution in [0.1, 0.15) is 30.8 Å². The number of hydrogen-bond donors (Lipinski definition) is 1. The van der Waals surface area contributed by atoms with Crippen molar-refractivity contribution in [3.63, 3.8) is 0 Å². The molecule has 1 aromatic heterocycles. The SMILES string of the molecule is CC(C)OCCCNC(=O)c1oc(=O)c2ccccc2c1-c1ccccc1. The predicted molar refractivity (Wildman–Crippen MR) is 106 cm³/mol. The summed E-state index contributed by atoms with van der Waals surface area (Å²) in [5, 5.41) is 3.98. The Bertz CT molecular complexity index is 977. The third-order valence-electron chi connectivity index (χ3n) is 4.16. The van der Waals surface area contributed by atoms with Crippen LogP contribution in [0, 0.1) is 0 Å². The average Bonchev–Trinajstić information content (AvgIpc) is 2.68. The Morgan fingerprint density at radius 2 is 1.70 bits per heavy atom. The first-order chi connectivity index (χ1) is 13.1. The molecule has 140 valence electrons. The lowest BCUT2D eigenvalue weighted by Crippen LogP contribution is -2.27. The zero-order valence-electron chi connectivity index (χ0n) is 15.5. The topological polar surface area (TPSA) is 68.5 Å². The number of benzene rings is 2. The summed E-state index contributed by atoms with van der Waals surface area (Å²) in [5.74, 6) is -0.365. The molecule has 5 heteroatoms. The third-order valence-corrected chi connectivity index (χ3v) is 4.16. The van der Waals surface area contributed by atoms with Gasteiger partial charge in [-0.3, -0.25) is 4.79 Å². The van der Waals surface area contributed by atoms with E-state index in [2.05, 4.69) is 5.32 Å². The Labute approximate surface area is 158 Å². The molecule has 0 saturated carbocycles. The molecular weight excluding hydrogens is 342 g/mol. The van der Waals surface area contributed by atoms with Crippen molar-refractivity contribution in [2.24, 2.45) is 0 Å². The first kappa shape index (κ1) is 18.9. The highest BCUT2D eigenvalue weighted by molar-refractivity contribution is 6.07. The molecule has 0 saturated heterocycles. The van der Waals surface area contributed by atoms with Gasteiger partial charge in [-0.15, -0.1) is 0 Å². The van der Waals surface area contributed by atoms with Gasteiger partial charge in [0.2, 0.25) is 5.76 Å². The lowest BCUT2D eigenvalue weighted by Gasteiger charge is -2.12. The molecule has 0 aliphatic carbocycles. The molecule has 3 aromatic rings. The Hall–Kier alpha value is -2.92. The minimum Gasteiger partial charge on any atom is -0.416 e. The van der Waals surface area contributed by atoms with Gasteiger partial charge in [0.15, 0.2) is 0 Å². The van der Waals surface area contributed by atoms with Crippen LogP contribution in [0.2, 0.25) is 0 Å². The molecule has 0 aliphatic heterocycles. The van der Waals surface area contributed by atoms with E-state index in [-0.39, 0.29) is 11.9 Å². The fraction of sp³-hybridized carbons (Fsp3) is 0.273. The largest absolute Gasteiger partial charge is 0.416 e. The Kier molecular flexibility index (Phi) is 6.04. The van der Waals surface area contributed by atoms with Crippen molar-refractivity contribution in [1.82, 2.24) is 5.32 Å². The molecule has 27 heavy (non-hydrogen) atoms. The van der Waals surface area contributed by atoms with Crippen LogP contribution in [0.4, 0.5) is 0 Å². The molecule has 0 atom stereocenters. The molecule has 1 heterocycles. The number of amides is 1. The molecule has 0 fully saturated rings. The van der Waals surface area contributed by atoms with E-state index in [0.29, 0.717) is 35.9 Å². The Morgan fingerprint density at radius 3 is 2.41 bits per heavy atom. The fourth-order valence-electron chi connectivity index (χ4n) is 2.92. The van der Waals surface area contributed by atoms with Gasteiger partial charge in [0.1, 0.15) is 0 Å². The van der Waals surface area contributed by atoms with Gasteiger partial charge in [0, 0.05) is 24.1 Å². The van der Waals surface area contributed by atoms with Crippen LogP contribution >= 0.6 is 0 Å². The smallest absolute Gasteiger partial charge is 0.344 e. The lowest BCUT2D eigenvalue weighted by atomic mass is 9.98. The van der Waals surface area contributed by atoms with E-state index >= 15 is 0 Å². The van der Waals surface area contributed by atoms with Crippen LogP contribution in [-0.4, -0.2) is 25.2 Å². The Morgan fingerprint density at radius 1 is 1.04 bits per heavy atom. The number of carbonyl (C=O) groups is 1. The Balaban J connectivity index is 1.95. The second-order valence-corrected chi connectivity index (χ2v) is 6.53. The van der Waals surface area contributed by atoms with E-state index in [1.54, 1.807) is 12.1 Å². The maximum atomic E-state index is 12.7. The number of fused-ring (bicyclic) bond motifs is 1. The standard InChI is InChI=1S/C22H23NO4/c1-15(2)26-14-8-13-23-21(24)20-19(16-9-4-3-5-10-16)17-11-6-7-12-18(17)22(25)27-20/h3-7,9-12,15H,8,13-14H2,1-2H3,(H,23,24). The molecule has 5 nitrogen and oxygen atoms in total. The van der Waals surface area contributed by atoms with Crippen molar-refractivity contribution in [3.8, 4) is 11.1 Å². The van der Waals surface area contributed by atoms with E-state index in [4.69, 9.17) is 9.15 Å². The zero-order chi connectivity index (χ0) is 19.2. The van der Waals surface area contributed by atoms with Crippen LogP contribution in [-0.2, 0) is 4.74 Å². The van der Waals surface area contributed by atoms with E-state index in [9.17, 15) is 9.59 Å². The van der Waals surface area contributed by atoms with Crippen molar-refractivity contribution in [1.29, 1.82) is 0 Å². The van der Waals surface area contributed by atoms with Crippen LogP contribution in [0.3, 0.4) is 0 Å². The summed E-state index contributed by atoms with van der Waals surface area (Å²) in [6.45, 7) is 4.93. The first-order valence-electron chi connectivity index (χ1n) is 9.09. The van der Waals surface area contributed by atoms with Crippen LogP contribution in [0.25, 0.3) is 21.9 Å². The van der Waals surface area contributed by atoms with Crippen LogP contribution < -0.4 is 10.9 Å². The molecule has 0 spiro atoms. The van der Waals surface area contributed by atoms with Gasteiger partial charge in [-0.1, -0.05) is 48.5 Å². The second kappa shape index (κ2) is 8.64. The van der Waals surface area contributed by atoms with Gasteiger partial charge in [-0.05, 0) is 31.9 Å². The molecule has 3 rings (SSSR count). The maximum Gasteiger partial charge on any atom is 0.344 e. The lowest BCUT2D eigenvalue weighted by molar-refractivity contribution is 0.0753. The number of nitrogens with one attached hydrogen (secondary N) is 1. The van der Waals surface area contributed by atoms with Crippen molar-refractivity contribution >= 4 is 16.7 Å². The first-order valence-corrected chi connectivity index (χ1v) is 9.09. The summed E-state index contributed by atoms with van der Waals surface area (Å²) in [7, 11) is 0. The second-order valence-electron chi connectivity index (χ2n) is 6.53. The highest BCUT2D eigenvalue weighted by atomic mass is 16.5. The minimum atomic E-state index is -0.515. The summed E-state index contributed by atoms with van der Waals surface area (Å²) in [6.07, 6.45) is 0.839. The van der Waals surface area contributed by atoms with E-state index < -0.39 is 11.5 Å². The van der Waals surface area contributed by atoms with Crippen molar-refractivity contribution in [2.45, 2.75) is 26.4 Å². The summed E-state index contributed by atoms with van der Waals surface area (Å²) < 4.78 is 10.9. The van der Waals surface area contributed by atoms with E-state index in [1.807, 2.05) is 56.3 Å².